The number of halogens is 2. The SMILES string of the molecule is COC(=O)C1=C(CN2CCN3C(=O)N(c4ccc(/C(C)=C/C(=O)O)cc4)C[C@@H]3C2)NC(c2nccs2)=N[C@H]1c1ccc(F)cc1Br. The summed E-state index contributed by atoms with van der Waals surface area (Å²) in [7, 11) is 1.32. The van der Waals surface area contributed by atoms with Crippen LogP contribution in [-0.2, 0) is 14.3 Å². The Morgan fingerprint density at radius 3 is 2.65 bits per heavy atom. The molecule has 2 fully saturated rings. The average molecular weight is 710 g/mol. The minimum Gasteiger partial charge on any atom is -0.478 e. The highest BCUT2D eigenvalue weighted by atomic mass is 79.9. The minimum atomic E-state index is -1.01. The standard InChI is InChI=1S/C32H30BrFN6O5S/c1-18(13-26(41)42)19-3-6-21(7-4-19)40-16-22-15-38(10-11-39(22)32(40)44)17-25-27(31(43)45-2)28(23-8-5-20(34)14-24(23)33)37-29(36-25)30-35-9-12-46-30/h3-9,12-14,22,28H,10-11,15-17H2,1-2H3,(H,36,37)(H,41,42)/b18-13+/t22-,28-/m0/s1. The third-order valence-electron chi connectivity index (χ3n) is 8.22. The molecule has 2 aromatic carbocycles. The Labute approximate surface area is 276 Å². The normalized spacial score (nSPS) is 20.4. The highest BCUT2D eigenvalue weighted by Crippen LogP contribution is 2.37. The number of piperazine rings is 1. The summed E-state index contributed by atoms with van der Waals surface area (Å²) in [6.45, 7) is 4.20. The molecule has 2 N–H and O–H groups in total. The Balaban J connectivity index is 1.25. The molecular weight excluding hydrogens is 679 g/mol. The number of hydrogen-bond acceptors (Lipinski definition) is 9. The van der Waals surface area contributed by atoms with Crippen LogP contribution < -0.4 is 10.2 Å². The van der Waals surface area contributed by atoms with E-state index in [9.17, 15) is 18.8 Å². The molecule has 2 atom stereocenters. The van der Waals surface area contributed by atoms with Crippen molar-refractivity contribution >= 4 is 62.3 Å². The van der Waals surface area contributed by atoms with E-state index in [1.165, 1.54) is 30.6 Å². The fourth-order valence-electron chi connectivity index (χ4n) is 6.00. The first-order valence-corrected chi connectivity index (χ1v) is 16.1. The number of esters is 1. The zero-order chi connectivity index (χ0) is 32.5. The second-order valence-corrected chi connectivity index (χ2v) is 12.8. The fourth-order valence-corrected chi connectivity index (χ4v) is 7.15. The first kappa shape index (κ1) is 31.6. The predicted octanol–water partition coefficient (Wildman–Crippen LogP) is 4.68. The van der Waals surface area contributed by atoms with Crippen LogP contribution in [0.25, 0.3) is 5.57 Å². The lowest BCUT2D eigenvalue weighted by Crippen LogP contribution is -2.53. The summed E-state index contributed by atoms with van der Waals surface area (Å²) in [6, 6.07) is 10.6. The zero-order valence-corrected chi connectivity index (χ0v) is 27.3. The topological polar surface area (TPSA) is 128 Å². The third kappa shape index (κ3) is 6.32. The lowest BCUT2D eigenvalue weighted by Gasteiger charge is -2.38. The summed E-state index contributed by atoms with van der Waals surface area (Å²) in [4.78, 5) is 52.8. The van der Waals surface area contributed by atoms with Crippen LogP contribution in [0.3, 0.4) is 0 Å². The van der Waals surface area contributed by atoms with Crippen molar-refractivity contribution in [3.63, 3.8) is 0 Å². The number of carboxylic acids is 1. The van der Waals surface area contributed by atoms with Crippen molar-refractivity contribution in [1.29, 1.82) is 0 Å². The summed E-state index contributed by atoms with van der Waals surface area (Å²) in [5.41, 5.74) is 3.64. The lowest BCUT2D eigenvalue weighted by molar-refractivity contribution is -0.136. The Kier molecular flexibility index (Phi) is 9.02. The number of carbonyl (C=O) groups excluding carboxylic acids is 2. The quantitative estimate of drug-likeness (QED) is 0.255. The van der Waals surface area contributed by atoms with E-state index in [0.29, 0.717) is 70.4 Å². The van der Waals surface area contributed by atoms with Crippen LogP contribution in [-0.4, -0.2) is 89.6 Å². The Morgan fingerprint density at radius 1 is 1.20 bits per heavy atom. The summed E-state index contributed by atoms with van der Waals surface area (Å²) >= 11 is 4.86. The number of nitrogens with zero attached hydrogens (tertiary/aromatic N) is 5. The van der Waals surface area contributed by atoms with Gasteiger partial charge in [-0.15, -0.1) is 11.3 Å². The van der Waals surface area contributed by atoms with Crippen LogP contribution in [0, 0.1) is 5.82 Å². The maximum atomic E-state index is 14.0. The lowest BCUT2D eigenvalue weighted by atomic mass is 9.95. The number of aromatic nitrogens is 1. The summed E-state index contributed by atoms with van der Waals surface area (Å²) in [5.74, 6) is -1.49. The molecule has 0 unspecified atom stereocenters. The van der Waals surface area contributed by atoms with Crippen molar-refractivity contribution in [2.24, 2.45) is 4.99 Å². The molecule has 3 aliphatic heterocycles. The molecule has 11 nitrogen and oxygen atoms in total. The molecule has 2 amide bonds. The number of thiazole rings is 1. The number of amidine groups is 1. The van der Waals surface area contributed by atoms with Crippen LogP contribution in [0.2, 0.25) is 0 Å². The van der Waals surface area contributed by atoms with Crippen molar-refractivity contribution in [3.05, 3.63) is 97.8 Å². The first-order chi connectivity index (χ1) is 22.1. The van der Waals surface area contributed by atoms with Gasteiger partial charge in [-0.3, -0.25) is 14.8 Å². The van der Waals surface area contributed by atoms with Crippen molar-refractivity contribution in [1.82, 2.24) is 20.1 Å². The van der Waals surface area contributed by atoms with Gasteiger partial charge in [-0.1, -0.05) is 34.1 Å². The number of rotatable bonds is 8. The van der Waals surface area contributed by atoms with E-state index in [2.05, 4.69) is 31.1 Å². The molecule has 0 bridgehead atoms. The van der Waals surface area contributed by atoms with Gasteiger partial charge < -0.3 is 20.1 Å². The molecule has 0 spiro atoms. The number of fused-ring (bicyclic) bond motifs is 1. The van der Waals surface area contributed by atoms with Crippen molar-refractivity contribution in [2.45, 2.75) is 19.0 Å². The smallest absolute Gasteiger partial charge is 0.338 e. The van der Waals surface area contributed by atoms with Gasteiger partial charge >= 0.3 is 18.0 Å². The number of carbonyl (C=O) groups is 3. The van der Waals surface area contributed by atoms with E-state index in [1.54, 1.807) is 24.1 Å². The molecule has 0 radical (unpaired) electrons. The van der Waals surface area contributed by atoms with E-state index in [0.717, 1.165) is 17.3 Å². The van der Waals surface area contributed by atoms with Gasteiger partial charge in [0.1, 0.15) is 11.9 Å². The number of methoxy groups -OCH3 is 1. The van der Waals surface area contributed by atoms with Crippen molar-refractivity contribution in [3.8, 4) is 0 Å². The number of aliphatic carboxylic acids is 1. The number of hydrogen-bond donors (Lipinski definition) is 2. The van der Waals surface area contributed by atoms with E-state index in [4.69, 9.17) is 14.8 Å². The first-order valence-electron chi connectivity index (χ1n) is 14.5. The second-order valence-electron chi connectivity index (χ2n) is 11.1. The Morgan fingerprint density at radius 2 is 1.98 bits per heavy atom. The predicted molar refractivity (Wildman–Crippen MR) is 175 cm³/mol. The average Bonchev–Trinajstić information content (AvgIpc) is 3.69. The largest absolute Gasteiger partial charge is 0.478 e. The van der Waals surface area contributed by atoms with Gasteiger partial charge in [-0.2, -0.15) is 0 Å². The van der Waals surface area contributed by atoms with Gasteiger partial charge in [0.25, 0.3) is 0 Å². The number of allylic oxidation sites excluding steroid dienone is 1. The molecule has 14 heteroatoms. The van der Waals surface area contributed by atoms with E-state index < -0.39 is 23.8 Å². The van der Waals surface area contributed by atoms with Gasteiger partial charge in [0.15, 0.2) is 10.8 Å². The third-order valence-corrected chi connectivity index (χ3v) is 9.68. The molecular formula is C32H30BrFN6O5S. The number of urea groups is 1. The number of nitrogens with one attached hydrogen (secondary N) is 1. The number of amides is 2. The van der Waals surface area contributed by atoms with Gasteiger partial charge in [0, 0.05) is 66.2 Å². The van der Waals surface area contributed by atoms with Crippen LogP contribution in [0.1, 0.15) is 29.1 Å². The highest BCUT2D eigenvalue weighted by molar-refractivity contribution is 9.10. The van der Waals surface area contributed by atoms with Gasteiger partial charge in [-0.05, 0) is 47.9 Å². The maximum absolute atomic E-state index is 14.0. The Hall–Kier alpha value is -4.40. The number of aliphatic imine (C=N–C) groups is 1. The number of carboxylic acid groups (broad SMARTS) is 1. The number of anilines is 1. The number of ether oxygens (including phenoxy) is 1. The van der Waals surface area contributed by atoms with Gasteiger partial charge in [0.2, 0.25) is 0 Å². The van der Waals surface area contributed by atoms with Crippen LogP contribution >= 0.6 is 27.3 Å². The summed E-state index contributed by atoms with van der Waals surface area (Å²) in [6.07, 6.45) is 2.83. The molecule has 3 aliphatic rings. The molecule has 46 heavy (non-hydrogen) atoms. The van der Waals surface area contributed by atoms with Crippen LogP contribution in [0.15, 0.2) is 80.9 Å². The minimum absolute atomic E-state index is 0.0835. The molecule has 6 rings (SSSR count). The highest BCUT2D eigenvalue weighted by Gasteiger charge is 2.42. The summed E-state index contributed by atoms with van der Waals surface area (Å²) in [5, 5.41) is 14.9. The zero-order valence-electron chi connectivity index (χ0n) is 24.9. The van der Waals surface area contributed by atoms with Crippen molar-refractivity contribution < 1.29 is 28.6 Å². The Bertz CT molecular complexity index is 1780. The van der Waals surface area contributed by atoms with Crippen LogP contribution in [0.4, 0.5) is 14.9 Å². The summed E-state index contributed by atoms with van der Waals surface area (Å²) < 4.78 is 19.7. The molecule has 0 saturated carbocycles. The maximum Gasteiger partial charge on any atom is 0.338 e. The van der Waals surface area contributed by atoms with E-state index in [-0.39, 0.29) is 12.1 Å². The second kappa shape index (κ2) is 13.1. The fraction of sp³-hybridized carbons (Fsp3) is 0.281. The van der Waals surface area contributed by atoms with Crippen molar-refractivity contribution in [2.75, 3.05) is 44.7 Å². The molecule has 238 valence electrons. The molecule has 1 aromatic heterocycles. The molecule has 2 saturated heterocycles. The van der Waals surface area contributed by atoms with Gasteiger partial charge in [-0.25, -0.2) is 23.8 Å². The molecule has 0 aliphatic carbocycles. The van der Waals surface area contributed by atoms with E-state index in [1.807, 2.05) is 34.5 Å². The van der Waals surface area contributed by atoms with Crippen LogP contribution in [0.5, 0.6) is 0 Å². The molecule has 4 heterocycles. The van der Waals surface area contributed by atoms with E-state index >= 15 is 0 Å². The van der Waals surface area contributed by atoms with Gasteiger partial charge in [0.05, 0.1) is 18.7 Å². The number of benzene rings is 2. The molecule has 3 aromatic rings. The monoisotopic (exact) mass is 708 g/mol.